The molecule has 1 aromatic carbocycles. The molecular formula is C20H28N4O3S. The van der Waals surface area contributed by atoms with E-state index in [0.717, 1.165) is 48.4 Å². The zero-order valence-electron chi connectivity index (χ0n) is 16.8. The Bertz CT molecular complexity index is 946. The molecule has 0 N–H and O–H groups in total. The van der Waals surface area contributed by atoms with Crippen molar-refractivity contribution in [2.75, 3.05) is 25.9 Å². The summed E-state index contributed by atoms with van der Waals surface area (Å²) >= 11 is 0. The van der Waals surface area contributed by atoms with Crippen LogP contribution in [0.1, 0.15) is 49.6 Å². The van der Waals surface area contributed by atoms with Gasteiger partial charge in [-0.2, -0.15) is 9.29 Å². The van der Waals surface area contributed by atoms with Crippen molar-refractivity contribution < 1.29 is 12.9 Å². The van der Waals surface area contributed by atoms with Crippen LogP contribution in [0.5, 0.6) is 0 Å². The molecular weight excluding hydrogens is 376 g/mol. The van der Waals surface area contributed by atoms with Crippen molar-refractivity contribution in [3.63, 3.8) is 0 Å². The van der Waals surface area contributed by atoms with E-state index >= 15 is 0 Å². The third-order valence-corrected chi connectivity index (χ3v) is 7.22. The molecule has 0 unspecified atom stereocenters. The van der Waals surface area contributed by atoms with Crippen molar-refractivity contribution in [2.24, 2.45) is 0 Å². The minimum absolute atomic E-state index is 0.355. The van der Waals surface area contributed by atoms with Gasteiger partial charge in [-0.05, 0) is 69.5 Å². The lowest BCUT2D eigenvalue weighted by molar-refractivity contribution is 0.168. The second-order valence-corrected chi connectivity index (χ2v) is 10.2. The summed E-state index contributed by atoms with van der Waals surface area (Å²) in [6.07, 6.45) is 4.08. The Morgan fingerprint density at radius 3 is 2.57 bits per heavy atom. The topological polar surface area (TPSA) is 79.5 Å². The first-order chi connectivity index (χ1) is 13.3. The normalized spacial score (nSPS) is 19.9. The third kappa shape index (κ3) is 3.99. The number of hydrogen-bond donors (Lipinski definition) is 0. The van der Waals surface area contributed by atoms with E-state index < -0.39 is 10.0 Å². The number of aromatic nitrogens is 2. The van der Waals surface area contributed by atoms with Crippen LogP contribution in [0, 0.1) is 0 Å². The van der Waals surface area contributed by atoms with Gasteiger partial charge in [0.25, 0.3) is 5.89 Å². The summed E-state index contributed by atoms with van der Waals surface area (Å²) in [5.41, 5.74) is 3.11. The highest BCUT2D eigenvalue weighted by molar-refractivity contribution is 7.88. The summed E-state index contributed by atoms with van der Waals surface area (Å²) in [5, 5.41) is 4.25. The minimum Gasteiger partial charge on any atom is -0.334 e. The average molecular weight is 405 g/mol. The van der Waals surface area contributed by atoms with Gasteiger partial charge in [0.2, 0.25) is 10.0 Å². The predicted molar refractivity (Wildman–Crippen MR) is 107 cm³/mol. The summed E-state index contributed by atoms with van der Waals surface area (Å²) in [4.78, 5) is 7.16. The van der Waals surface area contributed by atoms with Crippen LogP contribution in [-0.2, 0) is 23.0 Å². The maximum Gasteiger partial charge on any atom is 0.257 e. The first-order valence-corrected chi connectivity index (χ1v) is 11.8. The van der Waals surface area contributed by atoms with Gasteiger partial charge in [-0.15, -0.1) is 0 Å². The molecule has 8 heteroatoms. The molecule has 0 spiro atoms. The summed E-state index contributed by atoms with van der Waals surface area (Å²) in [6.45, 7) is 7.55. The first-order valence-electron chi connectivity index (χ1n) is 9.96. The van der Waals surface area contributed by atoms with Crippen LogP contribution in [0.25, 0.3) is 11.5 Å². The van der Waals surface area contributed by atoms with E-state index in [1.165, 1.54) is 10.6 Å². The Morgan fingerprint density at radius 1 is 1.14 bits per heavy atom. The van der Waals surface area contributed by atoms with Crippen molar-refractivity contribution in [3.05, 3.63) is 35.2 Å². The molecule has 2 aromatic rings. The van der Waals surface area contributed by atoms with Gasteiger partial charge in [-0.25, -0.2) is 8.42 Å². The zero-order valence-corrected chi connectivity index (χ0v) is 17.6. The maximum absolute atomic E-state index is 11.8. The minimum atomic E-state index is -3.16. The molecule has 1 saturated heterocycles. The molecule has 0 amide bonds. The maximum atomic E-state index is 11.8. The largest absolute Gasteiger partial charge is 0.334 e. The van der Waals surface area contributed by atoms with Crippen molar-refractivity contribution in [1.82, 2.24) is 19.3 Å². The first kappa shape index (κ1) is 19.5. The van der Waals surface area contributed by atoms with Crippen LogP contribution >= 0.6 is 0 Å². The number of piperidine rings is 1. The second kappa shape index (κ2) is 7.57. The standard InChI is InChI=1S/C20H28N4O3S/c1-14(2)23-9-6-15(7-10-23)19-21-20(27-22-19)17-4-5-18-13-24(28(3,25)26)11-8-16(18)12-17/h4-5,12,14-15H,6-11,13H2,1-3H3. The number of sulfonamides is 1. The van der Waals surface area contributed by atoms with E-state index in [4.69, 9.17) is 4.52 Å². The predicted octanol–water partition coefficient (Wildman–Crippen LogP) is 2.64. The molecule has 28 heavy (non-hydrogen) atoms. The third-order valence-electron chi connectivity index (χ3n) is 5.97. The summed E-state index contributed by atoms with van der Waals surface area (Å²) in [7, 11) is -3.16. The summed E-state index contributed by atoms with van der Waals surface area (Å²) < 4.78 is 30.7. The van der Waals surface area contributed by atoms with Gasteiger partial charge in [-0.3, -0.25) is 0 Å². The van der Waals surface area contributed by atoms with Crippen molar-refractivity contribution in [1.29, 1.82) is 0 Å². The molecule has 152 valence electrons. The summed E-state index contributed by atoms with van der Waals surface area (Å²) in [5.74, 6) is 1.71. The highest BCUT2D eigenvalue weighted by Gasteiger charge is 2.27. The molecule has 0 saturated carbocycles. The highest BCUT2D eigenvalue weighted by Crippen LogP contribution is 2.30. The van der Waals surface area contributed by atoms with E-state index in [0.29, 0.717) is 37.4 Å². The molecule has 1 fully saturated rings. The smallest absolute Gasteiger partial charge is 0.257 e. The molecule has 0 radical (unpaired) electrons. The van der Waals surface area contributed by atoms with Crippen LogP contribution in [0.15, 0.2) is 22.7 Å². The van der Waals surface area contributed by atoms with E-state index in [-0.39, 0.29) is 0 Å². The molecule has 4 rings (SSSR count). The van der Waals surface area contributed by atoms with Gasteiger partial charge in [0.15, 0.2) is 5.82 Å². The molecule has 0 bridgehead atoms. The number of nitrogens with zero attached hydrogens (tertiary/aromatic N) is 4. The fourth-order valence-corrected chi connectivity index (χ4v) is 4.93. The zero-order chi connectivity index (χ0) is 19.9. The Kier molecular flexibility index (Phi) is 5.28. The van der Waals surface area contributed by atoms with Crippen LogP contribution in [0.3, 0.4) is 0 Å². The SMILES string of the molecule is CC(C)N1CCC(c2noc(-c3ccc4c(c3)CCN(S(C)(=O)=O)C4)n2)CC1. The second-order valence-electron chi connectivity index (χ2n) is 8.19. The lowest BCUT2D eigenvalue weighted by Crippen LogP contribution is -2.38. The van der Waals surface area contributed by atoms with Crippen LogP contribution in [-0.4, -0.2) is 59.7 Å². The number of rotatable bonds is 4. The number of fused-ring (bicyclic) bond motifs is 1. The molecule has 2 aliphatic heterocycles. The lowest BCUT2D eigenvalue weighted by atomic mass is 9.95. The molecule has 0 atom stereocenters. The monoisotopic (exact) mass is 404 g/mol. The van der Waals surface area contributed by atoms with Crippen LogP contribution < -0.4 is 0 Å². The van der Waals surface area contributed by atoms with Gasteiger partial charge in [0, 0.05) is 30.6 Å². The quantitative estimate of drug-likeness (QED) is 0.779. The average Bonchev–Trinajstić information content (AvgIpc) is 3.16. The fraction of sp³-hybridized carbons (Fsp3) is 0.600. The highest BCUT2D eigenvalue weighted by atomic mass is 32.2. The van der Waals surface area contributed by atoms with Crippen LogP contribution in [0.4, 0.5) is 0 Å². The van der Waals surface area contributed by atoms with Gasteiger partial charge in [0.05, 0.1) is 6.26 Å². The fourth-order valence-electron chi connectivity index (χ4n) is 4.14. The van der Waals surface area contributed by atoms with Crippen molar-refractivity contribution >= 4 is 10.0 Å². The Hall–Kier alpha value is -1.77. The van der Waals surface area contributed by atoms with Gasteiger partial charge in [0.1, 0.15) is 0 Å². The number of likely N-dealkylation sites (tertiary alicyclic amines) is 1. The van der Waals surface area contributed by atoms with Crippen molar-refractivity contribution in [2.45, 2.75) is 51.6 Å². The van der Waals surface area contributed by atoms with E-state index in [9.17, 15) is 8.42 Å². The van der Waals surface area contributed by atoms with Gasteiger partial charge < -0.3 is 9.42 Å². The molecule has 7 nitrogen and oxygen atoms in total. The molecule has 2 aliphatic rings. The molecule has 1 aromatic heterocycles. The molecule has 3 heterocycles. The Morgan fingerprint density at radius 2 is 1.89 bits per heavy atom. The van der Waals surface area contributed by atoms with Crippen molar-refractivity contribution in [3.8, 4) is 11.5 Å². The lowest BCUT2D eigenvalue weighted by Gasteiger charge is -2.33. The Labute approximate surface area is 166 Å². The number of hydrogen-bond acceptors (Lipinski definition) is 6. The van der Waals surface area contributed by atoms with Crippen LogP contribution in [0.2, 0.25) is 0 Å². The van der Waals surface area contributed by atoms with Gasteiger partial charge in [-0.1, -0.05) is 11.2 Å². The molecule has 0 aliphatic carbocycles. The van der Waals surface area contributed by atoms with E-state index in [1.54, 1.807) is 0 Å². The van der Waals surface area contributed by atoms with E-state index in [1.807, 2.05) is 12.1 Å². The van der Waals surface area contributed by atoms with E-state index in [2.05, 4.69) is 35.0 Å². The Balaban J connectivity index is 1.48. The summed E-state index contributed by atoms with van der Waals surface area (Å²) in [6, 6.07) is 6.57. The number of benzene rings is 1. The van der Waals surface area contributed by atoms with Gasteiger partial charge >= 0.3 is 0 Å².